The quantitative estimate of drug-likeness (QED) is 0.707. The van der Waals surface area contributed by atoms with Crippen LogP contribution in [0.5, 0.6) is 0 Å². The minimum absolute atomic E-state index is 0.0351. The van der Waals surface area contributed by atoms with E-state index in [2.05, 4.69) is 0 Å². The first-order valence-corrected chi connectivity index (χ1v) is 9.17. The molecule has 7 heteroatoms. The van der Waals surface area contributed by atoms with Crippen LogP contribution < -0.4 is 4.31 Å². The Morgan fingerprint density at radius 3 is 2.45 bits per heavy atom. The molecule has 0 aliphatic carbocycles. The molecule has 3 rings (SSSR count). The summed E-state index contributed by atoms with van der Waals surface area (Å²) < 4.78 is 27.5. The number of para-hydroxylation sites is 1. The number of hydrogen-bond donors (Lipinski definition) is 0. The molecule has 0 bridgehead atoms. The predicted octanol–water partition coefficient (Wildman–Crippen LogP) is 4.79. The molecule has 0 spiro atoms. The molecule has 2 aromatic carbocycles. The lowest BCUT2D eigenvalue weighted by atomic mass is 10.1. The lowest BCUT2D eigenvalue weighted by Gasteiger charge is -2.25. The van der Waals surface area contributed by atoms with Gasteiger partial charge in [0.05, 0.1) is 20.8 Å². The highest BCUT2D eigenvalue weighted by Crippen LogP contribution is 2.41. The summed E-state index contributed by atoms with van der Waals surface area (Å²) in [5.74, 6) is 0. The Hall–Kier alpha value is -0.940. The van der Waals surface area contributed by atoms with Gasteiger partial charge in [-0.05, 0) is 37.1 Å². The maximum atomic E-state index is 13.0. The van der Waals surface area contributed by atoms with Gasteiger partial charge in [-0.2, -0.15) is 0 Å². The van der Waals surface area contributed by atoms with Crippen LogP contribution in [0.25, 0.3) is 0 Å². The Morgan fingerprint density at radius 2 is 1.73 bits per heavy atom. The monoisotopic (exact) mass is 375 g/mol. The molecule has 0 saturated carbocycles. The van der Waals surface area contributed by atoms with E-state index >= 15 is 0 Å². The van der Waals surface area contributed by atoms with E-state index in [9.17, 15) is 8.42 Å². The van der Waals surface area contributed by atoms with Gasteiger partial charge < -0.3 is 0 Å². The van der Waals surface area contributed by atoms with Crippen LogP contribution in [0.3, 0.4) is 0 Å². The highest BCUT2D eigenvalue weighted by atomic mass is 35.5. The van der Waals surface area contributed by atoms with Gasteiger partial charge in [0.25, 0.3) is 10.0 Å². The minimum atomic E-state index is -3.81. The van der Waals surface area contributed by atoms with Crippen LogP contribution in [0, 0.1) is 0 Å². The number of halogens is 3. The van der Waals surface area contributed by atoms with Gasteiger partial charge in [0.15, 0.2) is 0 Å². The molecule has 1 heterocycles. The first kappa shape index (κ1) is 15.9. The SMILES string of the molecule is C[C@H]1Cc2ccccc2N1S(=O)(=O)c1ccc(Cl)c(Cl)c1Cl. The molecule has 0 N–H and O–H groups in total. The number of benzene rings is 2. The van der Waals surface area contributed by atoms with Gasteiger partial charge in [-0.3, -0.25) is 4.31 Å². The van der Waals surface area contributed by atoms with Crippen molar-refractivity contribution in [2.45, 2.75) is 24.3 Å². The minimum Gasteiger partial charge on any atom is -0.263 e. The van der Waals surface area contributed by atoms with Gasteiger partial charge in [-0.25, -0.2) is 8.42 Å². The second-order valence-electron chi connectivity index (χ2n) is 5.16. The molecular formula is C15H12Cl3NO2S. The molecule has 0 fully saturated rings. The highest BCUT2D eigenvalue weighted by Gasteiger charge is 2.37. The molecule has 1 atom stereocenters. The zero-order valence-electron chi connectivity index (χ0n) is 11.6. The van der Waals surface area contributed by atoms with E-state index in [1.165, 1.54) is 16.4 Å². The molecule has 116 valence electrons. The summed E-state index contributed by atoms with van der Waals surface area (Å²) >= 11 is 18.0. The van der Waals surface area contributed by atoms with E-state index in [0.29, 0.717) is 12.1 Å². The van der Waals surface area contributed by atoms with Gasteiger partial charge in [-0.15, -0.1) is 0 Å². The topological polar surface area (TPSA) is 37.4 Å². The molecule has 0 unspecified atom stereocenters. The van der Waals surface area contributed by atoms with E-state index in [0.717, 1.165) is 5.56 Å². The summed E-state index contributed by atoms with van der Waals surface area (Å²) in [5, 5.41) is 0.218. The molecule has 3 nitrogen and oxygen atoms in total. The summed E-state index contributed by atoms with van der Waals surface area (Å²) in [7, 11) is -3.81. The third-order valence-corrected chi connectivity index (χ3v) is 7.06. The van der Waals surface area contributed by atoms with Crippen LogP contribution in [0.2, 0.25) is 15.1 Å². The number of hydrogen-bond acceptors (Lipinski definition) is 2. The number of nitrogens with zero attached hydrogens (tertiary/aromatic N) is 1. The average Bonchev–Trinajstić information content (AvgIpc) is 2.80. The van der Waals surface area contributed by atoms with Crippen LogP contribution in [-0.2, 0) is 16.4 Å². The fourth-order valence-corrected chi connectivity index (χ4v) is 5.37. The zero-order chi connectivity index (χ0) is 16.1. The van der Waals surface area contributed by atoms with Crippen molar-refractivity contribution in [3.8, 4) is 0 Å². The second-order valence-corrected chi connectivity index (χ2v) is 8.10. The number of rotatable bonds is 2. The van der Waals surface area contributed by atoms with Gasteiger partial charge in [-0.1, -0.05) is 53.0 Å². The van der Waals surface area contributed by atoms with Crippen molar-refractivity contribution in [3.05, 3.63) is 57.0 Å². The van der Waals surface area contributed by atoms with Crippen molar-refractivity contribution in [2.24, 2.45) is 0 Å². The van der Waals surface area contributed by atoms with Gasteiger partial charge in [0.1, 0.15) is 4.90 Å². The van der Waals surface area contributed by atoms with Crippen molar-refractivity contribution < 1.29 is 8.42 Å². The lowest BCUT2D eigenvalue weighted by Crippen LogP contribution is -2.35. The third-order valence-electron chi connectivity index (χ3n) is 3.68. The lowest BCUT2D eigenvalue weighted by molar-refractivity contribution is 0.584. The summed E-state index contributed by atoms with van der Waals surface area (Å²) in [4.78, 5) is -0.0351. The smallest absolute Gasteiger partial charge is 0.263 e. The largest absolute Gasteiger partial charge is 0.266 e. The van der Waals surface area contributed by atoms with E-state index in [-0.39, 0.29) is 26.0 Å². The molecule has 0 saturated heterocycles. The predicted molar refractivity (Wildman–Crippen MR) is 90.7 cm³/mol. The normalized spacial score (nSPS) is 17.6. The molecule has 22 heavy (non-hydrogen) atoms. The van der Waals surface area contributed by atoms with Crippen molar-refractivity contribution in [1.29, 1.82) is 0 Å². The van der Waals surface area contributed by atoms with E-state index in [1.807, 2.05) is 25.1 Å². The first-order chi connectivity index (χ1) is 10.3. The molecular weight excluding hydrogens is 365 g/mol. The standard InChI is InChI=1S/C15H12Cl3NO2S/c1-9-8-10-4-2-3-5-12(10)19(9)22(20,21)13-7-6-11(16)14(17)15(13)18/h2-7,9H,8H2,1H3/t9-/m0/s1. The van der Waals surface area contributed by atoms with Crippen LogP contribution >= 0.6 is 34.8 Å². The van der Waals surface area contributed by atoms with Crippen LogP contribution in [0.4, 0.5) is 5.69 Å². The second kappa shape index (κ2) is 5.60. The van der Waals surface area contributed by atoms with Crippen LogP contribution in [0.15, 0.2) is 41.3 Å². The number of sulfonamides is 1. The van der Waals surface area contributed by atoms with E-state index in [1.54, 1.807) is 6.07 Å². The Bertz CT molecular complexity index is 852. The molecule has 0 radical (unpaired) electrons. The Morgan fingerprint density at radius 1 is 1.05 bits per heavy atom. The number of fused-ring (bicyclic) bond motifs is 1. The van der Waals surface area contributed by atoms with Crippen LogP contribution in [-0.4, -0.2) is 14.5 Å². The van der Waals surface area contributed by atoms with Crippen molar-refractivity contribution in [2.75, 3.05) is 4.31 Å². The fraction of sp³-hybridized carbons (Fsp3) is 0.200. The van der Waals surface area contributed by atoms with Gasteiger partial charge in [0.2, 0.25) is 0 Å². The summed E-state index contributed by atoms with van der Waals surface area (Å²) in [6, 6.07) is 10.1. The van der Waals surface area contributed by atoms with Crippen LogP contribution in [0.1, 0.15) is 12.5 Å². The first-order valence-electron chi connectivity index (χ1n) is 6.60. The Labute approximate surface area is 144 Å². The molecule has 1 aliphatic rings. The van der Waals surface area contributed by atoms with Crippen molar-refractivity contribution in [1.82, 2.24) is 0 Å². The van der Waals surface area contributed by atoms with Gasteiger partial charge >= 0.3 is 0 Å². The highest BCUT2D eigenvalue weighted by molar-refractivity contribution is 7.93. The molecule has 1 aliphatic heterocycles. The van der Waals surface area contributed by atoms with Crippen molar-refractivity contribution >= 4 is 50.5 Å². The Balaban J connectivity index is 2.18. The molecule has 2 aromatic rings. The maximum Gasteiger partial charge on any atom is 0.266 e. The Kier molecular flexibility index (Phi) is 4.06. The average molecular weight is 377 g/mol. The zero-order valence-corrected chi connectivity index (χ0v) is 14.6. The molecule has 0 aromatic heterocycles. The van der Waals surface area contributed by atoms with E-state index in [4.69, 9.17) is 34.8 Å². The summed E-state index contributed by atoms with van der Waals surface area (Å²) in [6.45, 7) is 1.86. The summed E-state index contributed by atoms with van der Waals surface area (Å²) in [6.07, 6.45) is 0.661. The third kappa shape index (κ3) is 2.38. The van der Waals surface area contributed by atoms with Gasteiger partial charge in [0, 0.05) is 6.04 Å². The fourth-order valence-electron chi connectivity index (χ4n) is 2.72. The van der Waals surface area contributed by atoms with Crippen molar-refractivity contribution in [3.63, 3.8) is 0 Å². The summed E-state index contributed by atoms with van der Waals surface area (Å²) in [5.41, 5.74) is 1.67. The van der Waals surface area contributed by atoms with E-state index < -0.39 is 10.0 Å². The maximum absolute atomic E-state index is 13.0. The molecule has 0 amide bonds. The number of anilines is 1.